The number of nitrogens with one attached hydrogen (secondary N) is 1. The van der Waals surface area contributed by atoms with E-state index in [1.165, 1.54) is 6.42 Å². The third kappa shape index (κ3) is 3.25. The van der Waals surface area contributed by atoms with Crippen molar-refractivity contribution in [1.82, 2.24) is 19.7 Å². The first-order valence-corrected chi connectivity index (χ1v) is 7.74. The third-order valence-corrected chi connectivity index (χ3v) is 4.06. The quantitative estimate of drug-likeness (QED) is 0.885. The number of hydrogen-bond acceptors (Lipinski definition) is 6. The zero-order valence-electron chi connectivity index (χ0n) is 13.4. The van der Waals surface area contributed by atoms with Crippen LogP contribution in [0.5, 0.6) is 0 Å². The Balaban J connectivity index is 1.94. The second kappa shape index (κ2) is 6.23. The van der Waals surface area contributed by atoms with E-state index in [1.54, 1.807) is 23.3 Å². The van der Waals surface area contributed by atoms with Gasteiger partial charge < -0.3 is 16.0 Å². The molecule has 23 heavy (non-hydrogen) atoms. The van der Waals surface area contributed by atoms with Crippen molar-refractivity contribution in [2.75, 3.05) is 16.8 Å². The minimum atomic E-state index is -0.609. The van der Waals surface area contributed by atoms with Gasteiger partial charge in [0.25, 0.3) is 5.91 Å². The molecule has 1 atom stereocenters. The van der Waals surface area contributed by atoms with Crippen LogP contribution in [0, 0.1) is 0 Å². The number of hydrogen-bond donors (Lipinski definition) is 2. The fraction of sp³-hybridized carbons (Fsp3) is 0.467. The summed E-state index contributed by atoms with van der Waals surface area (Å²) in [6.45, 7) is 3.12. The van der Waals surface area contributed by atoms with E-state index in [-0.39, 0.29) is 5.69 Å². The van der Waals surface area contributed by atoms with Gasteiger partial charge >= 0.3 is 0 Å². The first-order valence-electron chi connectivity index (χ1n) is 7.74. The van der Waals surface area contributed by atoms with E-state index in [1.807, 2.05) is 7.05 Å². The molecule has 0 unspecified atom stereocenters. The molecule has 0 spiro atoms. The van der Waals surface area contributed by atoms with Crippen molar-refractivity contribution in [2.45, 2.75) is 32.2 Å². The topological polar surface area (TPSA) is 102 Å². The summed E-state index contributed by atoms with van der Waals surface area (Å²) in [4.78, 5) is 22.6. The summed E-state index contributed by atoms with van der Waals surface area (Å²) < 4.78 is 1.66. The Bertz CT molecular complexity index is 712. The summed E-state index contributed by atoms with van der Waals surface area (Å²) in [5, 5.41) is 7.18. The molecule has 2 aromatic heterocycles. The van der Waals surface area contributed by atoms with Crippen molar-refractivity contribution >= 4 is 23.2 Å². The molecule has 1 aliphatic rings. The number of primary amides is 1. The van der Waals surface area contributed by atoms with Gasteiger partial charge in [-0.15, -0.1) is 0 Å². The SMILES string of the molecule is C[C@@H]1CCCCN1c1cnc(C(N)=O)c(Nc2cnn(C)c2)n1. The minimum absolute atomic E-state index is 0.127. The van der Waals surface area contributed by atoms with Crippen LogP contribution in [-0.4, -0.2) is 38.2 Å². The van der Waals surface area contributed by atoms with E-state index >= 15 is 0 Å². The molecule has 2 aromatic rings. The van der Waals surface area contributed by atoms with Gasteiger partial charge in [0, 0.05) is 25.8 Å². The third-order valence-electron chi connectivity index (χ3n) is 4.06. The number of amides is 1. The van der Waals surface area contributed by atoms with Gasteiger partial charge in [-0.2, -0.15) is 5.10 Å². The van der Waals surface area contributed by atoms with Gasteiger partial charge in [-0.1, -0.05) is 0 Å². The molecule has 1 aliphatic heterocycles. The van der Waals surface area contributed by atoms with E-state index in [9.17, 15) is 4.79 Å². The standard InChI is InChI=1S/C15H21N7O/c1-10-5-3-4-6-22(10)12-8-17-13(14(16)23)15(20-12)19-11-7-18-21(2)9-11/h7-10H,3-6H2,1-2H3,(H2,16,23)(H,19,20)/t10-/m1/s1. The summed E-state index contributed by atoms with van der Waals surface area (Å²) in [7, 11) is 1.82. The average Bonchev–Trinajstić information content (AvgIpc) is 2.92. The van der Waals surface area contributed by atoms with Crippen LogP contribution in [0.3, 0.4) is 0 Å². The molecule has 3 rings (SSSR count). The molecule has 0 aromatic carbocycles. The Morgan fingerprint density at radius 2 is 2.22 bits per heavy atom. The lowest BCUT2D eigenvalue weighted by Gasteiger charge is -2.34. The fourth-order valence-electron chi connectivity index (χ4n) is 2.85. The molecule has 0 aliphatic carbocycles. The molecule has 0 saturated carbocycles. The summed E-state index contributed by atoms with van der Waals surface area (Å²) in [6, 6.07) is 0.406. The molecule has 0 radical (unpaired) electrons. The van der Waals surface area contributed by atoms with E-state index in [0.29, 0.717) is 11.9 Å². The van der Waals surface area contributed by atoms with Crippen molar-refractivity contribution in [3.8, 4) is 0 Å². The number of aryl methyl sites for hydroxylation is 1. The fourth-order valence-corrected chi connectivity index (χ4v) is 2.85. The Hall–Kier alpha value is -2.64. The summed E-state index contributed by atoms with van der Waals surface area (Å²) in [5.74, 6) is 0.511. The lowest BCUT2D eigenvalue weighted by molar-refractivity contribution is 0.0996. The number of piperidine rings is 1. The van der Waals surface area contributed by atoms with Gasteiger partial charge in [0.15, 0.2) is 11.5 Å². The highest BCUT2D eigenvalue weighted by molar-refractivity contribution is 5.96. The number of nitrogens with zero attached hydrogens (tertiary/aromatic N) is 5. The molecule has 0 bridgehead atoms. The van der Waals surface area contributed by atoms with Crippen LogP contribution >= 0.6 is 0 Å². The Morgan fingerprint density at radius 1 is 1.39 bits per heavy atom. The maximum absolute atomic E-state index is 11.6. The molecular formula is C15H21N7O. The lowest BCUT2D eigenvalue weighted by Crippen LogP contribution is -2.38. The predicted octanol–water partition coefficient (Wildman–Crippen LogP) is 1.43. The van der Waals surface area contributed by atoms with Gasteiger partial charge in [-0.05, 0) is 26.2 Å². The highest BCUT2D eigenvalue weighted by atomic mass is 16.1. The van der Waals surface area contributed by atoms with Crippen LogP contribution in [0.25, 0.3) is 0 Å². The molecule has 122 valence electrons. The van der Waals surface area contributed by atoms with E-state index in [2.05, 4.69) is 32.2 Å². The molecule has 8 heteroatoms. The number of nitrogens with two attached hydrogens (primary N) is 1. The van der Waals surface area contributed by atoms with Gasteiger partial charge in [-0.25, -0.2) is 9.97 Å². The minimum Gasteiger partial charge on any atom is -0.364 e. The number of carbonyl (C=O) groups excluding carboxylic acids is 1. The van der Waals surface area contributed by atoms with Crippen LogP contribution in [0.4, 0.5) is 17.3 Å². The number of anilines is 3. The van der Waals surface area contributed by atoms with Crippen LogP contribution in [0.1, 0.15) is 36.7 Å². The first-order chi connectivity index (χ1) is 11.0. The Kier molecular flexibility index (Phi) is 4.14. The Labute approximate surface area is 134 Å². The second-order valence-corrected chi connectivity index (χ2v) is 5.86. The Morgan fingerprint density at radius 3 is 2.87 bits per heavy atom. The normalized spacial score (nSPS) is 18.0. The molecule has 1 fully saturated rings. The van der Waals surface area contributed by atoms with Crippen molar-refractivity contribution in [2.24, 2.45) is 12.8 Å². The van der Waals surface area contributed by atoms with Gasteiger partial charge in [0.1, 0.15) is 5.82 Å². The molecule has 3 heterocycles. The number of carbonyl (C=O) groups is 1. The zero-order chi connectivity index (χ0) is 16.4. The molecule has 1 saturated heterocycles. The summed E-state index contributed by atoms with van der Waals surface area (Å²) in [6.07, 6.45) is 8.56. The molecule has 1 amide bonds. The number of aromatic nitrogens is 4. The van der Waals surface area contributed by atoms with Crippen LogP contribution in [-0.2, 0) is 7.05 Å². The monoisotopic (exact) mass is 315 g/mol. The largest absolute Gasteiger partial charge is 0.364 e. The zero-order valence-corrected chi connectivity index (χ0v) is 13.4. The second-order valence-electron chi connectivity index (χ2n) is 5.86. The van der Waals surface area contributed by atoms with Crippen LogP contribution in [0.15, 0.2) is 18.6 Å². The first kappa shape index (κ1) is 15.3. The van der Waals surface area contributed by atoms with Crippen LogP contribution < -0.4 is 16.0 Å². The highest BCUT2D eigenvalue weighted by Gasteiger charge is 2.22. The van der Waals surface area contributed by atoms with Crippen molar-refractivity contribution in [1.29, 1.82) is 0 Å². The highest BCUT2D eigenvalue weighted by Crippen LogP contribution is 2.25. The average molecular weight is 315 g/mol. The van der Waals surface area contributed by atoms with Crippen molar-refractivity contribution in [3.63, 3.8) is 0 Å². The summed E-state index contributed by atoms with van der Waals surface area (Å²) >= 11 is 0. The molecule has 3 N–H and O–H groups in total. The van der Waals surface area contributed by atoms with Crippen LogP contribution in [0.2, 0.25) is 0 Å². The van der Waals surface area contributed by atoms with Gasteiger partial charge in [0.05, 0.1) is 18.1 Å². The van der Waals surface area contributed by atoms with Crippen molar-refractivity contribution < 1.29 is 4.79 Å². The molecular weight excluding hydrogens is 294 g/mol. The van der Waals surface area contributed by atoms with E-state index < -0.39 is 5.91 Å². The van der Waals surface area contributed by atoms with E-state index in [0.717, 1.165) is 30.9 Å². The van der Waals surface area contributed by atoms with E-state index in [4.69, 9.17) is 5.73 Å². The lowest BCUT2D eigenvalue weighted by atomic mass is 10.0. The van der Waals surface area contributed by atoms with Gasteiger partial charge in [-0.3, -0.25) is 9.48 Å². The summed E-state index contributed by atoms with van der Waals surface area (Å²) in [5.41, 5.74) is 6.27. The van der Waals surface area contributed by atoms with Gasteiger partial charge in [0.2, 0.25) is 0 Å². The molecule has 8 nitrogen and oxygen atoms in total. The van der Waals surface area contributed by atoms with Crippen molar-refractivity contribution in [3.05, 3.63) is 24.3 Å². The number of rotatable bonds is 4. The predicted molar refractivity (Wildman–Crippen MR) is 87.7 cm³/mol. The maximum Gasteiger partial charge on any atom is 0.271 e. The smallest absolute Gasteiger partial charge is 0.271 e. The maximum atomic E-state index is 11.6.